The fraction of sp³-hybridized carbons (Fsp3) is 0.450. The standard InChI is InChI=1S/C20H23ClN4O2/c21-14-6-4-13(5-7-14)10-11-22-20(27)18-24-17(19(26)23-15-8-9-15)16-3-1-2-12-25(16)18/h4-7,15H,1-3,8-12H2,(H,22,27)(H,23,26). The van der Waals surface area contributed by atoms with Crippen LogP contribution in [-0.2, 0) is 19.4 Å². The molecule has 1 aliphatic carbocycles. The molecule has 2 aliphatic rings. The van der Waals surface area contributed by atoms with Crippen LogP contribution in [0.25, 0.3) is 0 Å². The van der Waals surface area contributed by atoms with Crippen LogP contribution in [0.2, 0.25) is 5.02 Å². The molecule has 4 rings (SSSR count). The van der Waals surface area contributed by atoms with Crippen molar-refractivity contribution in [2.24, 2.45) is 0 Å². The monoisotopic (exact) mass is 386 g/mol. The highest BCUT2D eigenvalue weighted by Gasteiger charge is 2.30. The normalized spacial score (nSPS) is 15.9. The largest absolute Gasteiger partial charge is 0.349 e. The quantitative estimate of drug-likeness (QED) is 0.801. The first-order chi connectivity index (χ1) is 13.1. The molecule has 0 atom stereocenters. The Hall–Kier alpha value is -2.34. The van der Waals surface area contributed by atoms with E-state index in [0.29, 0.717) is 29.5 Å². The first-order valence-electron chi connectivity index (χ1n) is 9.55. The van der Waals surface area contributed by atoms with E-state index < -0.39 is 0 Å². The lowest BCUT2D eigenvalue weighted by atomic mass is 10.1. The van der Waals surface area contributed by atoms with Gasteiger partial charge in [-0.2, -0.15) is 0 Å². The third-order valence-corrected chi connectivity index (χ3v) is 5.31. The maximum Gasteiger partial charge on any atom is 0.287 e. The number of carbonyl (C=O) groups is 2. The number of hydrogen-bond acceptors (Lipinski definition) is 3. The molecule has 1 saturated carbocycles. The second-order valence-electron chi connectivity index (χ2n) is 7.22. The van der Waals surface area contributed by atoms with Gasteiger partial charge in [-0.3, -0.25) is 9.59 Å². The van der Waals surface area contributed by atoms with Crippen LogP contribution in [0.15, 0.2) is 24.3 Å². The lowest BCUT2D eigenvalue weighted by molar-refractivity contribution is 0.0938. The molecule has 1 aromatic carbocycles. The summed E-state index contributed by atoms with van der Waals surface area (Å²) < 4.78 is 1.92. The Morgan fingerprint density at radius 1 is 1.15 bits per heavy atom. The van der Waals surface area contributed by atoms with Gasteiger partial charge < -0.3 is 15.2 Å². The van der Waals surface area contributed by atoms with Crippen molar-refractivity contribution in [3.05, 3.63) is 52.1 Å². The average molecular weight is 387 g/mol. The van der Waals surface area contributed by atoms with Gasteiger partial charge in [0.25, 0.3) is 11.8 Å². The molecule has 27 heavy (non-hydrogen) atoms. The van der Waals surface area contributed by atoms with Crippen LogP contribution in [0.1, 0.15) is 58.0 Å². The molecule has 2 heterocycles. The lowest BCUT2D eigenvalue weighted by Gasteiger charge is -2.17. The highest BCUT2D eigenvalue weighted by molar-refractivity contribution is 6.30. The molecule has 7 heteroatoms. The van der Waals surface area contributed by atoms with Crippen LogP contribution < -0.4 is 10.6 Å². The van der Waals surface area contributed by atoms with E-state index in [1.807, 2.05) is 28.8 Å². The molecule has 0 unspecified atom stereocenters. The summed E-state index contributed by atoms with van der Waals surface area (Å²) >= 11 is 5.89. The molecular weight excluding hydrogens is 364 g/mol. The molecule has 0 saturated heterocycles. The topological polar surface area (TPSA) is 76.0 Å². The van der Waals surface area contributed by atoms with E-state index >= 15 is 0 Å². The van der Waals surface area contributed by atoms with Gasteiger partial charge in [0.2, 0.25) is 0 Å². The fourth-order valence-corrected chi connectivity index (χ4v) is 3.56. The molecule has 1 fully saturated rings. The SMILES string of the molecule is O=C(NC1CC1)c1nc(C(=O)NCCc2ccc(Cl)cc2)n2c1CCCC2. The summed E-state index contributed by atoms with van der Waals surface area (Å²) in [4.78, 5) is 29.6. The predicted molar refractivity (Wildman–Crippen MR) is 103 cm³/mol. The van der Waals surface area contributed by atoms with E-state index in [1.54, 1.807) is 0 Å². The third kappa shape index (κ3) is 4.16. The van der Waals surface area contributed by atoms with Crippen LogP contribution in [0.3, 0.4) is 0 Å². The van der Waals surface area contributed by atoms with Gasteiger partial charge in [-0.05, 0) is 56.2 Å². The summed E-state index contributed by atoms with van der Waals surface area (Å²) in [5.41, 5.74) is 2.42. The van der Waals surface area contributed by atoms with Crippen molar-refractivity contribution in [2.45, 2.75) is 51.1 Å². The number of halogens is 1. The number of nitrogens with zero attached hydrogens (tertiary/aromatic N) is 2. The number of hydrogen-bond donors (Lipinski definition) is 2. The molecular formula is C20H23ClN4O2. The van der Waals surface area contributed by atoms with E-state index in [1.165, 1.54) is 0 Å². The average Bonchev–Trinajstić information content (AvgIpc) is 3.40. The maximum atomic E-state index is 12.7. The van der Waals surface area contributed by atoms with Crippen LogP contribution in [-0.4, -0.2) is 34.0 Å². The second-order valence-corrected chi connectivity index (χ2v) is 7.66. The van der Waals surface area contributed by atoms with E-state index in [-0.39, 0.29) is 17.9 Å². The number of aromatic nitrogens is 2. The fourth-order valence-electron chi connectivity index (χ4n) is 3.43. The molecule has 142 valence electrons. The zero-order valence-corrected chi connectivity index (χ0v) is 15.9. The van der Waals surface area contributed by atoms with E-state index in [9.17, 15) is 9.59 Å². The highest BCUT2D eigenvalue weighted by atomic mass is 35.5. The maximum absolute atomic E-state index is 12.7. The third-order valence-electron chi connectivity index (χ3n) is 5.06. The van der Waals surface area contributed by atoms with Gasteiger partial charge in [0.1, 0.15) is 5.69 Å². The molecule has 2 N–H and O–H groups in total. The van der Waals surface area contributed by atoms with Crippen molar-refractivity contribution in [1.29, 1.82) is 0 Å². The molecule has 0 radical (unpaired) electrons. The van der Waals surface area contributed by atoms with E-state index in [0.717, 1.165) is 49.9 Å². The van der Waals surface area contributed by atoms with Crippen LogP contribution in [0.4, 0.5) is 0 Å². The van der Waals surface area contributed by atoms with Crippen molar-refractivity contribution in [2.75, 3.05) is 6.54 Å². The van der Waals surface area contributed by atoms with Gasteiger partial charge in [-0.15, -0.1) is 0 Å². The van der Waals surface area contributed by atoms with Crippen molar-refractivity contribution >= 4 is 23.4 Å². The Bertz CT molecular complexity index is 856. The molecule has 0 bridgehead atoms. The Labute approximate surface area is 163 Å². The summed E-state index contributed by atoms with van der Waals surface area (Å²) in [5, 5.41) is 6.61. The Kier molecular flexibility index (Phi) is 5.16. The van der Waals surface area contributed by atoms with E-state index in [2.05, 4.69) is 15.6 Å². The van der Waals surface area contributed by atoms with E-state index in [4.69, 9.17) is 11.6 Å². The van der Waals surface area contributed by atoms with Crippen molar-refractivity contribution in [3.8, 4) is 0 Å². The van der Waals surface area contributed by atoms with Crippen LogP contribution >= 0.6 is 11.6 Å². The van der Waals surface area contributed by atoms with Gasteiger partial charge in [-0.1, -0.05) is 23.7 Å². The summed E-state index contributed by atoms with van der Waals surface area (Å²) in [6.07, 6.45) is 5.58. The number of carbonyl (C=O) groups excluding carboxylic acids is 2. The molecule has 6 nitrogen and oxygen atoms in total. The van der Waals surface area contributed by atoms with Gasteiger partial charge >= 0.3 is 0 Å². The Morgan fingerprint density at radius 3 is 2.67 bits per heavy atom. The minimum atomic E-state index is -0.224. The van der Waals surface area contributed by atoms with Gasteiger partial charge in [0.15, 0.2) is 5.82 Å². The molecule has 2 aromatic rings. The summed E-state index contributed by atoms with van der Waals surface area (Å²) in [6.45, 7) is 1.24. The number of fused-ring (bicyclic) bond motifs is 1. The number of imidazole rings is 1. The first-order valence-corrected chi connectivity index (χ1v) is 9.92. The lowest BCUT2D eigenvalue weighted by Crippen LogP contribution is -2.29. The minimum absolute atomic E-state index is 0.150. The van der Waals surface area contributed by atoms with Crippen molar-refractivity contribution in [1.82, 2.24) is 20.2 Å². The smallest absolute Gasteiger partial charge is 0.287 e. The van der Waals surface area contributed by atoms with Crippen LogP contribution in [0, 0.1) is 0 Å². The summed E-state index contributed by atoms with van der Waals surface area (Å²) in [6, 6.07) is 7.86. The number of rotatable bonds is 6. The predicted octanol–water partition coefficient (Wildman–Crippen LogP) is 2.74. The Morgan fingerprint density at radius 2 is 1.93 bits per heavy atom. The minimum Gasteiger partial charge on any atom is -0.349 e. The summed E-state index contributed by atoms with van der Waals surface area (Å²) in [7, 11) is 0. The first kappa shape index (κ1) is 18.0. The number of benzene rings is 1. The van der Waals surface area contributed by atoms with Gasteiger partial charge in [0, 0.05) is 24.2 Å². The van der Waals surface area contributed by atoms with Crippen molar-refractivity contribution in [3.63, 3.8) is 0 Å². The second kappa shape index (κ2) is 7.72. The Balaban J connectivity index is 1.45. The molecule has 1 aromatic heterocycles. The molecule has 1 aliphatic heterocycles. The molecule has 0 spiro atoms. The molecule has 2 amide bonds. The zero-order chi connectivity index (χ0) is 18.8. The summed E-state index contributed by atoms with van der Waals surface area (Å²) in [5.74, 6) is -0.0253. The zero-order valence-electron chi connectivity index (χ0n) is 15.1. The number of nitrogens with one attached hydrogen (secondary N) is 2. The van der Waals surface area contributed by atoms with Crippen LogP contribution in [0.5, 0.6) is 0 Å². The highest BCUT2D eigenvalue weighted by Crippen LogP contribution is 2.23. The number of amides is 2. The van der Waals surface area contributed by atoms with Crippen molar-refractivity contribution < 1.29 is 9.59 Å². The van der Waals surface area contributed by atoms with Gasteiger partial charge in [0.05, 0.1) is 5.69 Å². The van der Waals surface area contributed by atoms with Gasteiger partial charge in [-0.25, -0.2) is 4.98 Å².